The molecule has 1 aromatic carbocycles. The summed E-state index contributed by atoms with van der Waals surface area (Å²) < 4.78 is 0. The standard InChI is InChI=1S/C16H18N2O2/c1-3-11(19)9-15-16(10-12(20)4-2)18-14-8-6-5-7-13(14)17-15/h5-10,19-20H,3-4H2,1-2H3. The summed E-state index contributed by atoms with van der Waals surface area (Å²) in [5, 5.41) is 19.4. The molecule has 0 amide bonds. The van der Waals surface area contributed by atoms with Gasteiger partial charge in [-0.2, -0.15) is 0 Å². The first-order chi connectivity index (χ1) is 9.63. The first-order valence-corrected chi connectivity index (χ1v) is 6.70. The lowest BCUT2D eigenvalue weighted by atomic mass is 10.2. The largest absolute Gasteiger partial charge is 0.512 e. The zero-order chi connectivity index (χ0) is 14.5. The van der Waals surface area contributed by atoms with Gasteiger partial charge in [-0.05, 0) is 12.1 Å². The van der Waals surface area contributed by atoms with Gasteiger partial charge in [0.1, 0.15) is 0 Å². The molecule has 0 bridgehead atoms. The van der Waals surface area contributed by atoms with E-state index in [-0.39, 0.29) is 11.5 Å². The van der Waals surface area contributed by atoms with Gasteiger partial charge in [0, 0.05) is 25.0 Å². The maximum atomic E-state index is 9.71. The summed E-state index contributed by atoms with van der Waals surface area (Å²) in [6, 6.07) is 7.53. The summed E-state index contributed by atoms with van der Waals surface area (Å²) in [4.78, 5) is 8.99. The Bertz CT molecular complexity index is 617. The number of benzene rings is 1. The number of rotatable bonds is 4. The first-order valence-electron chi connectivity index (χ1n) is 6.70. The smallest absolute Gasteiger partial charge is 0.0942 e. The predicted octanol–water partition coefficient (Wildman–Crippen LogP) is 4.25. The highest BCUT2D eigenvalue weighted by atomic mass is 16.3. The predicted molar refractivity (Wildman–Crippen MR) is 81.3 cm³/mol. The Balaban J connectivity index is 2.64. The van der Waals surface area contributed by atoms with Crippen molar-refractivity contribution in [3.05, 3.63) is 47.2 Å². The van der Waals surface area contributed by atoms with Crippen LogP contribution >= 0.6 is 0 Å². The number of hydrogen-bond donors (Lipinski definition) is 2. The lowest BCUT2D eigenvalue weighted by molar-refractivity contribution is 0.399. The molecular weight excluding hydrogens is 252 g/mol. The van der Waals surface area contributed by atoms with E-state index in [1.54, 1.807) is 12.2 Å². The van der Waals surface area contributed by atoms with Crippen LogP contribution in [0.2, 0.25) is 0 Å². The summed E-state index contributed by atoms with van der Waals surface area (Å²) >= 11 is 0. The van der Waals surface area contributed by atoms with Gasteiger partial charge in [-0.25, -0.2) is 9.97 Å². The minimum Gasteiger partial charge on any atom is -0.512 e. The third-order valence-electron chi connectivity index (χ3n) is 2.96. The highest BCUT2D eigenvalue weighted by Crippen LogP contribution is 2.18. The molecule has 0 saturated carbocycles. The Morgan fingerprint density at radius 3 is 1.65 bits per heavy atom. The van der Waals surface area contributed by atoms with Gasteiger partial charge in [0.05, 0.1) is 33.9 Å². The maximum Gasteiger partial charge on any atom is 0.0942 e. The average Bonchev–Trinajstić information content (AvgIpc) is 2.47. The van der Waals surface area contributed by atoms with Crippen LogP contribution in [-0.4, -0.2) is 20.2 Å². The van der Waals surface area contributed by atoms with Gasteiger partial charge >= 0.3 is 0 Å². The molecule has 4 heteroatoms. The van der Waals surface area contributed by atoms with Crippen molar-refractivity contribution in [1.29, 1.82) is 0 Å². The Morgan fingerprint density at radius 2 is 1.30 bits per heavy atom. The lowest BCUT2D eigenvalue weighted by Crippen LogP contribution is -1.96. The number of aliphatic hydroxyl groups excluding tert-OH is 2. The molecule has 1 heterocycles. The topological polar surface area (TPSA) is 66.2 Å². The van der Waals surface area contributed by atoms with E-state index in [0.717, 1.165) is 11.0 Å². The van der Waals surface area contributed by atoms with Crippen molar-refractivity contribution in [3.63, 3.8) is 0 Å². The van der Waals surface area contributed by atoms with Gasteiger partial charge < -0.3 is 10.2 Å². The van der Waals surface area contributed by atoms with Crippen LogP contribution in [0.1, 0.15) is 38.1 Å². The molecule has 2 aromatic rings. The van der Waals surface area contributed by atoms with Crippen LogP contribution in [0.5, 0.6) is 0 Å². The number of aromatic nitrogens is 2. The minimum atomic E-state index is 0.236. The van der Waals surface area contributed by atoms with Crippen LogP contribution in [0.25, 0.3) is 23.2 Å². The van der Waals surface area contributed by atoms with E-state index in [1.165, 1.54) is 0 Å². The highest BCUT2D eigenvalue weighted by Gasteiger charge is 2.07. The van der Waals surface area contributed by atoms with Crippen LogP contribution in [-0.2, 0) is 0 Å². The van der Waals surface area contributed by atoms with Crippen molar-refractivity contribution >= 4 is 23.2 Å². The molecule has 0 atom stereocenters. The van der Waals surface area contributed by atoms with E-state index in [9.17, 15) is 10.2 Å². The van der Waals surface area contributed by atoms with E-state index >= 15 is 0 Å². The van der Waals surface area contributed by atoms with Gasteiger partial charge in [0.2, 0.25) is 0 Å². The van der Waals surface area contributed by atoms with E-state index in [4.69, 9.17) is 0 Å². The van der Waals surface area contributed by atoms with Gasteiger partial charge in [0.25, 0.3) is 0 Å². The highest BCUT2D eigenvalue weighted by molar-refractivity contribution is 5.78. The molecule has 0 aliphatic carbocycles. The summed E-state index contributed by atoms with van der Waals surface area (Å²) in [5.41, 5.74) is 2.64. The van der Waals surface area contributed by atoms with Crippen LogP contribution in [0, 0.1) is 0 Å². The molecule has 0 fully saturated rings. The fraction of sp³-hybridized carbons (Fsp3) is 0.250. The average molecular weight is 270 g/mol. The van der Waals surface area contributed by atoms with Gasteiger partial charge in [-0.15, -0.1) is 0 Å². The van der Waals surface area contributed by atoms with Gasteiger partial charge in [-0.1, -0.05) is 26.0 Å². The Kier molecular flexibility index (Phi) is 4.35. The zero-order valence-electron chi connectivity index (χ0n) is 11.7. The number of para-hydroxylation sites is 2. The van der Waals surface area contributed by atoms with Crippen LogP contribution in [0.15, 0.2) is 35.8 Å². The number of aliphatic hydroxyl groups is 2. The molecule has 2 rings (SSSR count). The van der Waals surface area contributed by atoms with Crippen LogP contribution in [0.3, 0.4) is 0 Å². The molecule has 2 N–H and O–H groups in total. The van der Waals surface area contributed by atoms with E-state index in [1.807, 2.05) is 38.1 Å². The number of nitrogens with zero attached hydrogens (tertiary/aromatic N) is 2. The molecule has 1 aromatic heterocycles. The van der Waals surface area contributed by atoms with Gasteiger partial charge in [-0.3, -0.25) is 0 Å². The third kappa shape index (κ3) is 3.15. The van der Waals surface area contributed by atoms with Gasteiger partial charge in [0.15, 0.2) is 0 Å². The fourth-order valence-electron chi connectivity index (χ4n) is 1.76. The van der Waals surface area contributed by atoms with Crippen molar-refractivity contribution in [2.24, 2.45) is 0 Å². The van der Waals surface area contributed by atoms with Crippen molar-refractivity contribution in [1.82, 2.24) is 9.97 Å². The SMILES string of the molecule is CCC(O)=Cc1nc2ccccc2nc1C=C(O)CC. The van der Waals surface area contributed by atoms with Crippen molar-refractivity contribution in [2.75, 3.05) is 0 Å². The summed E-state index contributed by atoms with van der Waals surface area (Å²) in [5.74, 6) is 0.473. The van der Waals surface area contributed by atoms with Crippen molar-refractivity contribution in [2.45, 2.75) is 26.7 Å². The summed E-state index contributed by atoms with van der Waals surface area (Å²) in [7, 11) is 0. The molecule has 0 radical (unpaired) electrons. The second kappa shape index (κ2) is 6.19. The molecular formula is C16H18N2O2. The second-order valence-electron chi connectivity index (χ2n) is 4.46. The summed E-state index contributed by atoms with van der Waals surface area (Å²) in [6.07, 6.45) is 4.23. The van der Waals surface area contributed by atoms with E-state index < -0.39 is 0 Å². The van der Waals surface area contributed by atoms with Crippen molar-refractivity contribution in [3.8, 4) is 0 Å². The monoisotopic (exact) mass is 270 g/mol. The third-order valence-corrected chi connectivity index (χ3v) is 2.96. The normalized spacial score (nSPS) is 12.9. The maximum absolute atomic E-state index is 9.71. The quantitative estimate of drug-likeness (QED) is 0.815. The second-order valence-corrected chi connectivity index (χ2v) is 4.46. The number of allylic oxidation sites excluding steroid dienone is 2. The van der Waals surface area contributed by atoms with Crippen LogP contribution in [0.4, 0.5) is 0 Å². The Hall–Kier alpha value is -2.36. The zero-order valence-corrected chi connectivity index (χ0v) is 11.7. The molecule has 104 valence electrons. The first kappa shape index (κ1) is 14.1. The molecule has 20 heavy (non-hydrogen) atoms. The molecule has 0 spiro atoms. The van der Waals surface area contributed by atoms with Crippen LogP contribution < -0.4 is 0 Å². The fourth-order valence-corrected chi connectivity index (χ4v) is 1.76. The van der Waals surface area contributed by atoms with Crippen molar-refractivity contribution < 1.29 is 10.2 Å². The molecule has 0 unspecified atom stereocenters. The number of fused-ring (bicyclic) bond motifs is 1. The Labute approximate surface area is 118 Å². The van der Waals surface area contributed by atoms with E-state index in [0.29, 0.717) is 24.2 Å². The summed E-state index contributed by atoms with van der Waals surface area (Å²) in [6.45, 7) is 3.72. The Morgan fingerprint density at radius 1 is 0.900 bits per heavy atom. The molecule has 0 saturated heterocycles. The van der Waals surface area contributed by atoms with E-state index in [2.05, 4.69) is 9.97 Å². The molecule has 4 nitrogen and oxygen atoms in total. The molecule has 0 aliphatic heterocycles. The minimum absolute atomic E-state index is 0.236. The lowest BCUT2D eigenvalue weighted by Gasteiger charge is -2.05. The molecule has 0 aliphatic rings. The number of hydrogen-bond acceptors (Lipinski definition) is 4.